The lowest BCUT2D eigenvalue weighted by molar-refractivity contribution is 0.0913. The standard InChI is InChI=1S/C20H22N4O4S/c1-12(2)17(20-23-18(24-28-20)14-6-5-9-21-11-14)22-19(25)16-10-15(29(4,26)27)8-7-13(16)3/h5-12,17H,1-4H3,(H,22,25). The molecule has 0 aliphatic carbocycles. The molecule has 29 heavy (non-hydrogen) atoms. The molecule has 1 unspecified atom stereocenters. The summed E-state index contributed by atoms with van der Waals surface area (Å²) in [5.74, 6) is 0.194. The molecule has 3 aromatic rings. The van der Waals surface area contributed by atoms with E-state index in [1.807, 2.05) is 19.9 Å². The van der Waals surface area contributed by atoms with Crippen molar-refractivity contribution >= 4 is 15.7 Å². The molecule has 8 nitrogen and oxygen atoms in total. The van der Waals surface area contributed by atoms with Gasteiger partial charge >= 0.3 is 0 Å². The van der Waals surface area contributed by atoms with Gasteiger partial charge < -0.3 is 9.84 Å². The van der Waals surface area contributed by atoms with Gasteiger partial charge in [0.15, 0.2) is 9.84 Å². The lowest BCUT2D eigenvalue weighted by Crippen LogP contribution is -2.32. The summed E-state index contributed by atoms with van der Waals surface area (Å²) in [4.78, 5) is 21.4. The van der Waals surface area contributed by atoms with Gasteiger partial charge in [0.1, 0.15) is 6.04 Å². The molecule has 152 valence electrons. The fourth-order valence-electron chi connectivity index (χ4n) is 2.78. The maximum absolute atomic E-state index is 12.9. The van der Waals surface area contributed by atoms with Crippen molar-refractivity contribution in [2.24, 2.45) is 5.92 Å². The van der Waals surface area contributed by atoms with Crippen LogP contribution in [0.15, 0.2) is 52.1 Å². The van der Waals surface area contributed by atoms with Gasteiger partial charge in [-0.15, -0.1) is 0 Å². The van der Waals surface area contributed by atoms with Crippen LogP contribution in [-0.2, 0) is 9.84 Å². The highest BCUT2D eigenvalue weighted by atomic mass is 32.2. The quantitative estimate of drug-likeness (QED) is 0.659. The van der Waals surface area contributed by atoms with E-state index in [4.69, 9.17) is 4.52 Å². The van der Waals surface area contributed by atoms with Gasteiger partial charge in [-0.05, 0) is 42.7 Å². The molecule has 0 aliphatic heterocycles. The Labute approximate surface area is 169 Å². The second-order valence-corrected chi connectivity index (χ2v) is 9.16. The largest absolute Gasteiger partial charge is 0.340 e. The van der Waals surface area contributed by atoms with Crippen LogP contribution in [0.25, 0.3) is 11.4 Å². The molecule has 0 fully saturated rings. The number of aromatic nitrogens is 3. The number of nitrogens with one attached hydrogen (secondary N) is 1. The lowest BCUT2D eigenvalue weighted by atomic mass is 10.0. The first-order valence-corrected chi connectivity index (χ1v) is 10.9. The van der Waals surface area contributed by atoms with Crippen LogP contribution < -0.4 is 5.32 Å². The van der Waals surface area contributed by atoms with E-state index in [-0.39, 0.29) is 22.3 Å². The Kier molecular flexibility index (Phi) is 5.78. The van der Waals surface area contributed by atoms with Crippen molar-refractivity contribution in [3.63, 3.8) is 0 Å². The van der Waals surface area contributed by atoms with E-state index < -0.39 is 21.8 Å². The number of sulfone groups is 1. The molecule has 1 N–H and O–H groups in total. The van der Waals surface area contributed by atoms with Crippen molar-refractivity contribution in [1.82, 2.24) is 20.4 Å². The van der Waals surface area contributed by atoms with Crippen LogP contribution in [0.5, 0.6) is 0 Å². The molecule has 0 aliphatic rings. The maximum atomic E-state index is 12.9. The van der Waals surface area contributed by atoms with Gasteiger partial charge in [0.2, 0.25) is 11.7 Å². The van der Waals surface area contributed by atoms with Crippen LogP contribution in [0.4, 0.5) is 0 Å². The molecule has 0 radical (unpaired) electrons. The van der Waals surface area contributed by atoms with E-state index in [2.05, 4.69) is 20.4 Å². The highest BCUT2D eigenvalue weighted by molar-refractivity contribution is 7.90. The number of aryl methyl sites for hydroxylation is 1. The second-order valence-electron chi connectivity index (χ2n) is 7.14. The molecule has 0 saturated heterocycles. The predicted molar refractivity (Wildman–Crippen MR) is 107 cm³/mol. The van der Waals surface area contributed by atoms with Crippen molar-refractivity contribution in [2.75, 3.05) is 6.26 Å². The fourth-order valence-corrected chi connectivity index (χ4v) is 3.43. The average molecular weight is 414 g/mol. The molecule has 3 rings (SSSR count). The molecular formula is C20H22N4O4S. The molecule has 0 spiro atoms. The zero-order valence-corrected chi connectivity index (χ0v) is 17.4. The van der Waals surface area contributed by atoms with Gasteiger partial charge in [-0.1, -0.05) is 25.1 Å². The van der Waals surface area contributed by atoms with E-state index in [1.54, 1.807) is 31.5 Å². The first-order valence-electron chi connectivity index (χ1n) is 9.02. The van der Waals surface area contributed by atoms with Crippen molar-refractivity contribution in [3.8, 4) is 11.4 Å². The van der Waals surface area contributed by atoms with Crippen LogP contribution in [-0.4, -0.2) is 35.7 Å². The van der Waals surface area contributed by atoms with Crippen LogP contribution in [0.2, 0.25) is 0 Å². The zero-order chi connectivity index (χ0) is 21.2. The maximum Gasteiger partial charge on any atom is 0.252 e. The third-order valence-corrected chi connectivity index (χ3v) is 5.57. The number of carbonyl (C=O) groups is 1. The zero-order valence-electron chi connectivity index (χ0n) is 16.6. The number of nitrogens with zero attached hydrogens (tertiary/aromatic N) is 3. The second kappa shape index (κ2) is 8.12. The van der Waals surface area contributed by atoms with Crippen LogP contribution in [0, 0.1) is 12.8 Å². The van der Waals surface area contributed by atoms with Crippen LogP contribution in [0.1, 0.15) is 41.7 Å². The summed E-state index contributed by atoms with van der Waals surface area (Å²) in [5.41, 5.74) is 1.65. The number of hydrogen-bond acceptors (Lipinski definition) is 7. The third kappa shape index (κ3) is 4.68. The number of hydrogen-bond donors (Lipinski definition) is 1. The van der Waals surface area contributed by atoms with E-state index in [1.165, 1.54) is 12.1 Å². The topological polar surface area (TPSA) is 115 Å². The molecule has 0 bridgehead atoms. The summed E-state index contributed by atoms with van der Waals surface area (Å²) < 4.78 is 29.1. The van der Waals surface area contributed by atoms with Crippen molar-refractivity contribution in [1.29, 1.82) is 0 Å². The lowest BCUT2D eigenvalue weighted by Gasteiger charge is -2.19. The third-order valence-electron chi connectivity index (χ3n) is 4.46. The average Bonchev–Trinajstić information content (AvgIpc) is 3.15. The van der Waals surface area contributed by atoms with Gasteiger partial charge in [-0.2, -0.15) is 4.98 Å². The van der Waals surface area contributed by atoms with E-state index in [0.717, 1.165) is 6.26 Å². The first-order chi connectivity index (χ1) is 13.7. The summed E-state index contributed by atoms with van der Waals surface area (Å²) in [7, 11) is -3.43. The van der Waals surface area contributed by atoms with Crippen molar-refractivity contribution < 1.29 is 17.7 Å². The highest BCUT2D eigenvalue weighted by Crippen LogP contribution is 2.24. The Morgan fingerprint density at radius 2 is 1.97 bits per heavy atom. The van der Waals surface area contributed by atoms with Gasteiger partial charge in [0, 0.05) is 29.8 Å². The minimum absolute atomic E-state index is 0.0421. The van der Waals surface area contributed by atoms with Gasteiger partial charge in [0.05, 0.1) is 4.90 Å². The highest BCUT2D eigenvalue weighted by Gasteiger charge is 2.26. The van der Waals surface area contributed by atoms with Gasteiger partial charge in [-0.3, -0.25) is 9.78 Å². The molecule has 1 amide bonds. The van der Waals surface area contributed by atoms with Gasteiger partial charge in [0.25, 0.3) is 5.91 Å². The minimum atomic E-state index is -3.43. The summed E-state index contributed by atoms with van der Waals surface area (Å²) in [6, 6.07) is 7.52. The first kappa shape index (κ1) is 20.7. The molecule has 9 heteroatoms. The number of rotatable bonds is 6. The number of pyridine rings is 1. The molecular weight excluding hydrogens is 392 g/mol. The minimum Gasteiger partial charge on any atom is -0.340 e. The normalized spacial score (nSPS) is 12.7. The van der Waals surface area contributed by atoms with E-state index in [9.17, 15) is 13.2 Å². The smallest absolute Gasteiger partial charge is 0.252 e. The Morgan fingerprint density at radius 3 is 2.59 bits per heavy atom. The SMILES string of the molecule is Cc1ccc(S(C)(=O)=O)cc1C(=O)NC(c1nc(-c2cccnc2)no1)C(C)C. The molecule has 0 saturated carbocycles. The number of amides is 1. The summed E-state index contributed by atoms with van der Waals surface area (Å²) >= 11 is 0. The summed E-state index contributed by atoms with van der Waals surface area (Å²) in [5, 5.41) is 6.86. The molecule has 1 atom stereocenters. The Balaban J connectivity index is 1.89. The van der Waals surface area contributed by atoms with Gasteiger partial charge in [-0.25, -0.2) is 8.42 Å². The predicted octanol–water partition coefficient (Wildman–Crippen LogP) is 2.97. The Bertz CT molecular complexity index is 1120. The summed E-state index contributed by atoms with van der Waals surface area (Å²) in [6.45, 7) is 5.58. The number of carbonyl (C=O) groups excluding carboxylic acids is 1. The van der Waals surface area contributed by atoms with Crippen molar-refractivity contribution in [2.45, 2.75) is 31.7 Å². The Hall–Kier alpha value is -3.07. The van der Waals surface area contributed by atoms with Crippen LogP contribution >= 0.6 is 0 Å². The molecule has 2 heterocycles. The van der Waals surface area contributed by atoms with Crippen molar-refractivity contribution in [3.05, 3.63) is 59.7 Å². The molecule has 2 aromatic heterocycles. The Morgan fingerprint density at radius 1 is 1.21 bits per heavy atom. The fraction of sp³-hybridized carbons (Fsp3) is 0.300. The van der Waals surface area contributed by atoms with E-state index >= 15 is 0 Å². The monoisotopic (exact) mass is 414 g/mol. The van der Waals surface area contributed by atoms with Crippen LogP contribution in [0.3, 0.4) is 0 Å². The summed E-state index contributed by atoms with van der Waals surface area (Å²) in [6.07, 6.45) is 4.38. The number of benzene rings is 1. The molecule has 1 aromatic carbocycles. The van der Waals surface area contributed by atoms with E-state index in [0.29, 0.717) is 17.0 Å².